The van der Waals surface area contributed by atoms with Gasteiger partial charge in [-0.3, -0.25) is 9.48 Å². The van der Waals surface area contributed by atoms with Gasteiger partial charge in [-0.1, -0.05) is 19.1 Å². The molecule has 1 aliphatic carbocycles. The van der Waals surface area contributed by atoms with Gasteiger partial charge in [0, 0.05) is 24.0 Å². The first kappa shape index (κ1) is 26.5. The van der Waals surface area contributed by atoms with E-state index in [4.69, 9.17) is 15.2 Å². The maximum Gasteiger partial charge on any atom is 0.407 e. The summed E-state index contributed by atoms with van der Waals surface area (Å²) in [5, 5.41) is 10.7. The Morgan fingerprint density at radius 2 is 2.16 bits per heavy atom. The lowest BCUT2D eigenvalue weighted by Gasteiger charge is -2.22. The number of nitrogens with two attached hydrogens (primary N) is 1. The van der Waals surface area contributed by atoms with Gasteiger partial charge in [-0.05, 0) is 67.3 Å². The van der Waals surface area contributed by atoms with Crippen LogP contribution in [0.25, 0.3) is 0 Å². The second-order valence-electron chi connectivity index (χ2n) is 9.38. The Hall–Kier alpha value is -3.53. The largest absolute Gasteiger partial charge is 0.497 e. The van der Waals surface area contributed by atoms with Gasteiger partial charge in [0.2, 0.25) is 5.91 Å². The number of fused-ring (bicyclic) bond motifs is 1. The van der Waals surface area contributed by atoms with E-state index in [0.29, 0.717) is 30.3 Å². The van der Waals surface area contributed by atoms with E-state index < -0.39 is 6.09 Å². The summed E-state index contributed by atoms with van der Waals surface area (Å²) in [5.74, 6) is 0.969. The first-order valence-corrected chi connectivity index (χ1v) is 13.4. The molecule has 0 aliphatic heterocycles. The number of carbonyl (C=O) groups is 2. The third-order valence-corrected chi connectivity index (χ3v) is 7.97. The Labute approximate surface area is 221 Å². The highest BCUT2D eigenvalue weighted by Gasteiger charge is 2.26. The summed E-state index contributed by atoms with van der Waals surface area (Å²) in [6.45, 7) is 5.49. The average Bonchev–Trinajstić information content (AvgIpc) is 3.49. The molecule has 0 radical (unpaired) electrons. The SMILES string of the molecule is CCn1nccc1CNC(=O)OCC1CCc2c(sc(NC(=O)CC(C)c3cccc(OC)c3)c2N)C1. The molecule has 0 spiro atoms. The van der Waals surface area contributed by atoms with Crippen LogP contribution in [0.1, 0.15) is 54.3 Å². The van der Waals surface area contributed by atoms with Gasteiger partial charge in [0.05, 0.1) is 31.6 Å². The van der Waals surface area contributed by atoms with E-state index in [9.17, 15) is 9.59 Å². The van der Waals surface area contributed by atoms with Gasteiger partial charge in [-0.15, -0.1) is 11.3 Å². The Kier molecular flexibility index (Phi) is 8.70. The predicted molar refractivity (Wildman–Crippen MR) is 145 cm³/mol. The predicted octanol–water partition coefficient (Wildman–Crippen LogP) is 4.72. The van der Waals surface area contributed by atoms with Crippen molar-refractivity contribution in [1.82, 2.24) is 15.1 Å². The molecule has 1 aromatic carbocycles. The highest BCUT2D eigenvalue weighted by atomic mass is 32.1. The zero-order valence-corrected chi connectivity index (χ0v) is 22.4. The van der Waals surface area contributed by atoms with Crippen LogP contribution >= 0.6 is 11.3 Å². The van der Waals surface area contributed by atoms with Gasteiger partial charge in [0.15, 0.2) is 0 Å². The quantitative estimate of drug-likeness (QED) is 0.352. The number of hydrogen-bond donors (Lipinski definition) is 3. The molecule has 3 aromatic rings. The number of nitrogens with one attached hydrogen (secondary N) is 2. The van der Waals surface area contributed by atoms with Crippen LogP contribution in [0.4, 0.5) is 15.5 Å². The minimum Gasteiger partial charge on any atom is -0.497 e. The Balaban J connectivity index is 1.27. The molecule has 198 valence electrons. The first-order chi connectivity index (χ1) is 17.9. The Morgan fingerprint density at radius 1 is 1.32 bits per heavy atom. The van der Waals surface area contributed by atoms with Gasteiger partial charge in [0.25, 0.3) is 0 Å². The van der Waals surface area contributed by atoms with Gasteiger partial charge in [-0.25, -0.2) is 4.79 Å². The van der Waals surface area contributed by atoms with Crippen molar-refractivity contribution in [2.24, 2.45) is 5.92 Å². The molecule has 4 N–H and O–H groups in total. The van der Waals surface area contributed by atoms with Crippen LogP contribution in [0, 0.1) is 5.92 Å². The van der Waals surface area contributed by atoms with Crippen molar-refractivity contribution >= 4 is 34.0 Å². The number of hydrogen-bond acceptors (Lipinski definition) is 7. The molecular formula is C27H35N5O4S. The van der Waals surface area contributed by atoms with E-state index in [0.717, 1.165) is 53.3 Å². The molecule has 0 saturated carbocycles. The second kappa shape index (κ2) is 12.1. The van der Waals surface area contributed by atoms with E-state index in [1.165, 1.54) is 11.3 Å². The van der Waals surface area contributed by atoms with Crippen molar-refractivity contribution in [2.45, 2.75) is 58.5 Å². The van der Waals surface area contributed by atoms with Crippen molar-refractivity contribution < 1.29 is 19.1 Å². The molecule has 2 amide bonds. The third kappa shape index (κ3) is 6.62. The highest BCUT2D eigenvalue weighted by molar-refractivity contribution is 7.17. The van der Waals surface area contributed by atoms with Crippen molar-refractivity contribution in [3.05, 3.63) is 58.2 Å². The maximum absolute atomic E-state index is 12.8. The lowest BCUT2D eigenvalue weighted by molar-refractivity contribution is -0.116. The smallest absolute Gasteiger partial charge is 0.407 e. The lowest BCUT2D eigenvalue weighted by atomic mass is 9.89. The van der Waals surface area contributed by atoms with Crippen molar-refractivity contribution in [3.63, 3.8) is 0 Å². The highest BCUT2D eigenvalue weighted by Crippen LogP contribution is 2.42. The number of ether oxygens (including phenoxy) is 2. The number of nitrogens with zero attached hydrogens (tertiary/aromatic N) is 2. The number of methoxy groups -OCH3 is 1. The number of anilines is 2. The summed E-state index contributed by atoms with van der Waals surface area (Å²) >= 11 is 1.53. The summed E-state index contributed by atoms with van der Waals surface area (Å²) in [6, 6.07) is 9.66. The van der Waals surface area contributed by atoms with Crippen molar-refractivity contribution in [2.75, 3.05) is 24.8 Å². The molecule has 0 fully saturated rings. The maximum atomic E-state index is 12.8. The zero-order valence-electron chi connectivity index (χ0n) is 21.6. The molecule has 1 aliphatic rings. The van der Waals surface area contributed by atoms with Crippen LogP contribution < -0.4 is 21.1 Å². The molecule has 2 aromatic heterocycles. The number of aromatic nitrogens is 2. The topological polar surface area (TPSA) is 120 Å². The molecule has 2 unspecified atom stereocenters. The fraction of sp³-hybridized carbons (Fsp3) is 0.444. The van der Waals surface area contributed by atoms with E-state index in [1.807, 2.05) is 48.9 Å². The summed E-state index contributed by atoms with van der Waals surface area (Å²) in [7, 11) is 1.63. The van der Waals surface area contributed by atoms with E-state index in [1.54, 1.807) is 13.3 Å². The van der Waals surface area contributed by atoms with Crippen LogP contribution in [0.15, 0.2) is 36.5 Å². The van der Waals surface area contributed by atoms with E-state index in [-0.39, 0.29) is 17.7 Å². The molecule has 9 nitrogen and oxygen atoms in total. The number of benzene rings is 1. The minimum absolute atomic E-state index is 0.0427. The number of alkyl carbamates (subject to hydrolysis) is 1. The summed E-state index contributed by atoms with van der Waals surface area (Å²) in [5.41, 5.74) is 10.2. The second-order valence-corrected chi connectivity index (χ2v) is 10.5. The van der Waals surface area contributed by atoms with Crippen LogP contribution in [0.5, 0.6) is 5.75 Å². The summed E-state index contributed by atoms with van der Waals surface area (Å²) in [4.78, 5) is 26.1. The van der Waals surface area contributed by atoms with E-state index in [2.05, 4.69) is 15.7 Å². The number of rotatable bonds is 10. The molecule has 0 bridgehead atoms. The number of thiophene rings is 1. The average molecular weight is 526 g/mol. The Morgan fingerprint density at radius 3 is 2.95 bits per heavy atom. The lowest BCUT2D eigenvalue weighted by Crippen LogP contribution is -2.28. The van der Waals surface area contributed by atoms with Crippen LogP contribution in [0.2, 0.25) is 0 Å². The molecule has 10 heteroatoms. The third-order valence-electron chi connectivity index (χ3n) is 6.78. The standard InChI is InChI=1S/C27H35N5O4S/c1-4-32-20(10-11-30-32)15-29-27(34)36-16-18-8-9-22-23(13-18)37-26(25(22)28)31-24(33)12-17(2)19-6-5-7-21(14-19)35-3/h5-7,10-11,14,17-18H,4,8-9,12-13,15-16,28H2,1-3H3,(H,29,34)(H,31,33). The number of carbonyl (C=O) groups excluding carboxylic acids is 2. The van der Waals surface area contributed by atoms with Gasteiger partial charge < -0.3 is 25.8 Å². The zero-order chi connectivity index (χ0) is 26.4. The van der Waals surface area contributed by atoms with Crippen molar-refractivity contribution in [1.29, 1.82) is 0 Å². The monoisotopic (exact) mass is 525 g/mol. The molecule has 0 saturated heterocycles. The van der Waals surface area contributed by atoms with Gasteiger partial charge >= 0.3 is 6.09 Å². The van der Waals surface area contributed by atoms with Crippen LogP contribution in [0.3, 0.4) is 0 Å². The molecule has 4 rings (SSSR count). The fourth-order valence-electron chi connectivity index (χ4n) is 4.64. The minimum atomic E-state index is -0.432. The molecule has 2 heterocycles. The Bertz CT molecular complexity index is 1240. The van der Waals surface area contributed by atoms with Crippen molar-refractivity contribution in [3.8, 4) is 5.75 Å². The fourth-order valence-corrected chi connectivity index (χ4v) is 5.94. The van der Waals surface area contributed by atoms with Gasteiger partial charge in [0.1, 0.15) is 10.8 Å². The molecule has 37 heavy (non-hydrogen) atoms. The summed E-state index contributed by atoms with van der Waals surface area (Å²) < 4.78 is 12.6. The summed E-state index contributed by atoms with van der Waals surface area (Å²) in [6.07, 6.45) is 4.09. The van der Waals surface area contributed by atoms with Crippen LogP contribution in [-0.4, -0.2) is 35.5 Å². The van der Waals surface area contributed by atoms with E-state index >= 15 is 0 Å². The molecular weight excluding hydrogens is 490 g/mol. The number of amides is 2. The number of aryl methyl sites for hydroxylation is 1. The normalized spacial score (nSPS) is 15.5. The first-order valence-electron chi connectivity index (χ1n) is 12.6. The van der Waals surface area contributed by atoms with Crippen LogP contribution in [-0.2, 0) is 35.5 Å². The molecule has 2 atom stereocenters. The number of nitrogen functional groups attached to an aromatic ring is 1. The van der Waals surface area contributed by atoms with Gasteiger partial charge in [-0.2, -0.15) is 5.10 Å².